The van der Waals surface area contributed by atoms with Crippen LogP contribution in [0.25, 0.3) is 0 Å². The number of hydrogen-bond acceptors (Lipinski definition) is 8. The maximum atomic E-state index is 12.9. The topological polar surface area (TPSA) is 151 Å². The molecule has 3 rings (SSSR count). The van der Waals surface area contributed by atoms with Crippen molar-refractivity contribution in [2.24, 2.45) is 11.7 Å². The van der Waals surface area contributed by atoms with Crippen molar-refractivity contribution in [1.82, 2.24) is 19.8 Å². The molecule has 1 saturated heterocycles. The van der Waals surface area contributed by atoms with Gasteiger partial charge in [-0.15, -0.1) is 0 Å². The number of anilines is 2. The molecule has 8 N–H and O–H groups in total. The summed E-state index contributed by atoms with van der Waals surface area (Å²) in [4.78, 5) is 28.9. The Morgan fingerprint density at radius 1 is 0.649 bits per heavy atom. The lowest BCUT2D eigenvalue weighted by atomic mass is 9.95. The van der Waals surface area contributed by atoms with Gasteiger partial charge in [-0.05, 0) is 35.4 Å². The molecule has 0 bridgehead atoms. The lowest BCUT2D eigenvalue weighted by Crippen LogP contribution is -2.63. The number of benzene rings is 2. The van der Waals surface area contributed by atoms with Crippen LogP contribution in [0.15, 0.2) is 48.5 Å². The zero-order valence-corrected chi connectivity index (χ0v) is 23.8. The van der Waals surface area contributed by atoms with Gasteiger partial charge in [0, 0.05) is 66.5 Å². The minimum absolute atomic E-state index is 0.0515. The highest BCUT2D eigenvalue weighted by molar-refractivity contribution is 5.97. The summed E-state index contributed by atoms with van der Waals surface area (Å²) in [6.07, 6.45) is 2.20. The fourth-order valence-electron chi connectivity index (χ4n) is 3.31. The number of piperazine rings is 1. The predicted octanol–water partition coefficient (Wildman–Crippen LogP) is 1.56. The number of carbonyl (C=O) groups excluding carboxylic acids is 2. The van der Waals surface area contributed by atoms with Crippen molar-refractivity contribution in [3.8, 4) is 0 Å². The van der Waals surface area contributed by atoms with E-state index in [1.54, 1.807) is 76.4 Å². The Balaban J connectivity index is 0.00000100. The molecule has 0 spiro atoms. The highest BCUT2D eigenvalue weighted by Gasteiger charge is 2.42. The quantitative estimate of drug-likeness (QED) is 0.271. The smallest absolute Gasteiger partial charge is 0.246 e. The van der Waals surface area contributed by atoms with Gasteiger partial charge < -0.3 is 21.3 Å². The Morgan fingerprint density at radius 2 is 0.865 bits per heavy atom. The van der Waals surface area contributed by atoms with Crippen LogP contribution in [0.3, 0.4) is 0 Å². The first-order chi connectivity index (χ1) is 17.2. The van der Waals surface area contributed by atoms with Crippen molar-refractivity contribution in [3.05, 3.63) is 59.7 Å². The lowest BCUT2D eigenvalue weighted by molar-refractivity contribution is -0.158. The van der Waals surface area contributed by atoms with Gasteiger partial charge in [0.25, 0.3) is 0 Å². The van der Waals surface area contributed by atoms with Crippen molar-refractivity contribution < 1.29 is 9.59 Å². The second-order valence-corrected chi connectivity index (χ2v) is 9.46. The normalized spacial score (nSPS) is 16.9. The van der Waals surface area contributed by atoms with Crippen molar-refractivity contribution >= 4 is 23.2 Å². The molecule has 0 saturated carbocycles. The summed E-state index contributed by atoms with van der Waals surface area (Å²) in [5.41, 5.74) is 14.7. The zero-order chi connectivity index (χ0) is 28.7. The van der Waals surface area contributed by atoms with Gasteiger partial charge in [-0.3, -0.25) is 31.3 Å². The second kappa shape index (κ2) is 17.3. The molecule has 37 heavy (non-hydrogen) atoms. The molecule has 0 radical (unpaired) electrons. The number of likely N-dealkylation sites (N-methyl/N-ethyl adjacent to an activating group) is 2. The first-order valence-corrected chi connectivity index (χ1v) is 12.3. The van der Waals surface area contributed by atoms with Crippen LogP contribution in [-0.2, 0) is 22.4 Å². The van der Waals surface area contributed by atoms with Crippen molar-refractivity contribution in [1.29, 1.82) is 0 Å². The summed E-state index contributed by atoms with van der Waals surface area (Å²) < 4.78 is 0. The average molecular weight is 517 g/mol. The second-order valence-electron chi connectivity index (χ2n) is 9.46. The van der Waals surface area contributed by atoms with E-state index < -0.39 is 12.1 Å². The van der Waals surface area contributed by atoms with Gasteiger partial charge in [-0.25, -0.2) is 0 Å². The molecular weight excluding hydrogens is 468 g/mol. The van der Waals surface area contributed by atoms with Crippen LogP contribution in [-0.4, -0.2) is 86.0 Å². The summed E-state index contributed by atoms with van der Waals surface area (Å²) in [5.74, 6) is 9.79. The van der Waals surface area contributed by atoms with Crippen LogP contribution in [0.5, 0.6) is 0 Å². The van der Waals surface area contributed by atoms with Gasteiger partial charge in [-0.2, -0.15) is 0 Å². The first-order valence-electron chi connectivity index (χ1n) is 12.3. The molecular formula is C27H48N8O2. The van der Waals surface area contributed by atoms with Crippen LogP contribution in [0, 0.1) is 0 Å². The maximum Gasteiger partial charge on any atom is 0.246 e. The fourth-order valence-corrected chi connectivity index (χ4v) is 3.31. The standard InChI is InChI=1S/C20H24N4O2.C3H8.2C2H8N2/c1-23-17(11-13-3-7-15(21)8-4-13)20(26)24(2)18(19(23)25)12-14-5-9-16(22)10-6-14;1-3-2;2*1-4(2)3/h3-10,17-18H,11-12,21-22H2,1-2H3;3H2,1-2H3;2*3H2,1-2H3. The molecule has 0 aliphatic carbocycles. The number of amides is 2. The fraction of sp³-hybridized carbons (Fsp3) is 0.481. The number of nitrogens with zero attached hydrogens (tertiary/aromatic N) is 4. The number of nitrogens with two attached hydrogens (primary N) is 4. The van der Waals surface area contributed by atoms with Crippen LogP contribution < -0.4 is 23.2 Å². The van der Waals surface area contributed by atoms with Gasteiger partial charge in [0.15, 0.2) is 0 Å². The third-order valence-corrected chi connectivity index (χ3v) is 5.02. The first kappa shape index (κ1) is 33.8. The molecule has 1 heterocycles. The highest BCUT2D eigenvalue weighted by Crippen LogP contribution is 2.22. The summed E-state index contributed by atoms with van der Waals surface area (Å²) in [5, 5.41) is 3.00. The SMILES string of the molecule is CCC.CN(C)N.CN(C)N.CN1C(=O)C(Cc2ccc(N)cc2)N(C)C(=O)C1Cc1ccc(N)cc1. The summed E-state index contributed by atoms with van der Waals surface area (Å²) >= 11 is 0. The largest absolute Gasteiger partial charge is 0.399 e. The van der Waals surface area contributed by atoms with E-state index in [-0.39, 0.29) is 11.8 Å². The van der Waals surface area contributed by atoms with Crippen LogP contribution in [0.2, 0.25) is 0 Å². The van der Waals surface area contributed by atoms with Crippen molar-refractivity contribution in [2.75, 3.05) is 53.8 Å². The molecule has 2 aromatic carbocycles. The zero-order valence-electron chi connectivity index (χ0n) is 23.8. The number of carbonyl (C=O) groups is 2. The van der Waals surface area contributed by atoms with E-state index in [9.17, 15) is 9.59 Å². The van der Waals surface area contributed by atoms with Gasteiger partial charge in [0.1, 0.15) is 12.1 Å². The van der Waals surface area contributed by atoms with E-state index in [1.807, 2.05) is 24.3 Å². The van der Waals surface area contributed by atoms with Gasteiger partial charge in [0.05, 0.1) is 0 Å². The monoisotopic (exact) mass is 516 g/mol. The van der Waals surface area contributed by atoms with E-state index in [0.29, 0.717) is 24.2 Å². The maximum absolute atomic E-state index is 12.9. The molecule has 2 unspecified atom stereocenters. The summed E-state index contributed by atoms with van der Waals surface area (Å²) in [6.45, 7) is 4.25. The van der Waals surface area contributed by atoms with Crippen LogP contribution in [0.4, 0.5) is 11.4 Å². The Kier molecular flexibility index (Phi) is 15.8. The molecule has 10 nitrogen and oxygen atoms in total. The van der Waals surface area contributed by atoms with E-state index in [1.165, 1.54) is 16.4 Å². The predicted molar refractivity (Wildman–Crippen MR) is 154 cm³/mol. The summed E-state index contributed by atoms with van der Waals surface area (Å²) in [6, 6.07) is 13.8. The Labute approximate surface area is 223 Å². The lowest BCUT2D eigenvalue weighted by Gasteiger charge is -2.42. The highest BCUT2D eigenvalue weighted by atomic mass is 16.2. The third-order valence-electron chi connectivity index (χ3n) is 5.02. The molecule has 208 valence electrons. The van der Waals surface area contributed by atoms with Gasteiger partial charge in [-0.1, -0.05) is 44.5 Å². The van der Waals surface area contributed by atoms with Crippen molar-refractivity contribution in [3.63, 3.8) is 0 Å². The molecule has 1 aliphatic rings. The van der Waals surface area contributed by atoms with E-state index >= 15 is 0 Å². The number of hydrogen-bond donors (Lipinski definition) is 4. The van der Waals surface area contributed by atoms with E-state index in [2.05, 4.69) is 13.8 Å². The number of nitrogen functional groups attached to an aromatic ring is 2. The third kappa shape index (κ3) is 13.1. The molecule has 1 fully saturated rings. The van der Waals surface area contributed by atoms with Gasteiger partial charge >= 0.3 is 0 Å². The Hall–Kier alpha value is -3.18. The van der Waals surface area contributed by atoms with Crippen LogP contribution >= 0.6 is 0 Å². The molecule has 10 heteroatoms. The van der Waals surface area contributed by atoms with Crippen molar-refractivity contribution in [2.45, 2.75) is 45.2 Å². The minimum Gasteiger partial charge on any atom is -0.399 e. The van der Waals surface area contributed by atoms with E-state index in [0.717, 1.165) is 11.1 Å². The minimum atomic E-state index is -0.501. The number of rotatable bonds is 4. The Bertz CT molecular complexity index is 836. The molecule has 1 aliphatic heterocycles. The molecule has 2 aromatic rings. The van der Waals surface area contributed by atoms with Gasteiger partial charge in [0.2, 0.25) is 11.8 Å². The molecule has 2 atom stereocenters. The molecule has 0 aromatic heterocycles. The van der Waals surface area contributed by atoms with E-state index in [4.69, 9.17) is 23.2 Å². The molecule has 2 amide bonds. The van der Waals surface area contributed by atoms with Crippen LogP contribution in [0.1, 0.15) is 31.4 Å². The Morgan fingerprint density at radius 3 is 1.08 bits per heavy atom. The number of hydrazine groups is 2. The average Bonchev–Trinajstić information content (AvgIpc) is 2.80. The summed E-state index contributed by atoms with van der Waals surface area (Å²) in [7, 11) is 10.5.